The first-order valence-electron chi connectivity index (χ1n) is 12.9. The monoisotopic (exact) mass is 392 g/mol. The molecule has 0 aromatic heterocycles. The van der Waals surface area contributed by atoms with E-state index in [2.05, 4.69) is 13.8 Å². The largest absolute Gasteiger partial charge is 0.465 e. The van der Waals surface area contributed by atoms with Crippen molar-refractivity contribution < 1.29 is 9.53 Å². The number of hydrogen-bond acceptors (Lipinski definition) is 2. The van der Waals surface area contributed by atoms with Gasteiger partial charge < -0.3 is 4.74 Å². The average Bonchev–Trinajstić information content (AvgIpc) is 2.72. The van der Waals surface area contributed by atoms with Crippen LogP contribution < -0.4 is 0 Å². The maximum atomic E-state index is 12.5. The van der Waals surface area contributed by atoms with Gasteiger partial charge in [0.25, 0.3) is 0 Å². The number of carbonyl (C=O) groups excluding carboxylic acids is 1. The highest BCUT2D eigenvalue weighted by Gasteiger charge is 2.36. The highest BCUT2D eigenvalue weighted by molar-refractivity contribution is 5.72. The van der Waals surface area contributed by atoms with Crippen LogP contribution in [0.5, 0.6) is 0 Å². The smallest absolute Gasteiger partial charge is 0.308 e. The van der Waals surface area contributed by atoms with E-state index in [0.29, 0.717) is 12.5 Å². The molecule has 164 valence electrons. The van der Waals surface area contributed by atoms with Crippen LogP contribution in [0.4, 0.5) is 0 Å². The summed E-state index contributed by atoms with van der Waals surface area (Å²) in [6.45, 7) is 5.31. The predicted octanol–water partition coefficient (Wildman–Crippen LogP) is 8.08. The van der Waals surface area contributed by atoms with Crippen molar-refractivity contribution in [1.82, 2.24) is 0 Å². The highest BCUT2D eigenvalue weighted by atomic mass is 16.5. The van der Waals surface area contributed by atoms with Gasteiger partial charge in [0.1, 0.15) is 0 Å². The van der Waals surface area contributed by atoms with E-state index in [-0.39, 0.29) is 11.9 Å². The van der Waals surface area contributed by atoms with Gasteiger partial charge in [-0.1, -0.05) is 104 Å². The number of rotatable bonds is 13. The van der Waals surface area contributed by atoms with Crippen molar-refractivity contribution in [2.45, 2.75) is 129 Å². The Kier molecular flexibility index (Phi) is 12.3. The Morgan fingerprint density at radius 3 is 2.00 bits per heavy atom. The first-order valence-corrected chi connectivity index (χ1v) is 12.9. The summed E-state index contributed by atoms with van der Waals surface area (Å²) < 4.78 is 5.64. The minimum atomic E-state index is 0.102. The quantitative estimate of drug-likeness (QED) is 0.234. The van der Waals surface area contributed by atoms with E-state index in [4.69, 9.17) is 4.74 Å². The van der Waals surface area contributed by atoms with E-state index in [1.807, 2.05) is 0 Å². The Labute approximate surface area is 175 Å². The summed E-state index contributed by atoms with van der Waals surface area (Å²) in [7, 11) is 0. The summed E-state index contributed by atoms with van der Waals surface area (Å²) in [5.74, 6) is 2.79. The lowest BCUT2D eigenvalue weighted by Crippen LogP contribution is -2.33. The van der Waals surface area contributed by atoms with Gasteiger partial charge in [-0.3, -0.25) is 4.79 Å². The number of carbonyl (C=O) groups is 1. The van der Waals surface area contributed by atoms with Crippen molar-refractivity contribution in [2.24, 2.45) is 23.7 Å². The van der Waals surface area contributed by atoms with E-state index < -0.39 is 0 Å². The molecular weight excluding hydrogens is 344 g/mol. The van der Waals surface area contributed by atoms with Crippen LogP contribution >= 0.6 is 0 Å². The molecule has 0 aliphatic heterocycles. The molecule has 2 fully saturated rings. The Hall–Kier alpha value is -0.530. The normalized spacial score (nSPS) is 26.3. The zero-order chi connectivity index (χ0) is 20.0. The number of unbranched alkanes of at least 4 members (excludes halogenated alkanes) is 9. The molecule has 2 rings (SSSR count). The molecule has 0 N–H and O–H groups in total. The third kappa shape index (κ3) is 8.87. The topological polar surface area (TPSA) is 26.3 Å². The van der Waals surface area contributed by atoms with Gasteiger partial charge in [-0.05, 0) is 43.4 Å². The van der Waals surface area contributed by atoms with Crippen LogP contribution in [0.1, 0.15) is 129 Å². The van der Waals surface area contributed by atoms with Crippen LogP contribution in [0, 0.1) is 23.7 Å². The Bertz CT molecular complexity index is 399. The fraction of sp³-hybridized carbons (Fsp3) is 0.962. The summed E-state index contributed by atoms with van der Waals surface area (Å²) in [5, 5.41) is 0. The minimum absolute atomic E-state index is 0.102. The fourth-order valence-corrected chi connectivity index (χ4v) is 5.78. The number of hydrogen-bond donors (Lipinski definition) is 0. The van der Waals surface area contributed by atoms with Crippen LogP contribution in [-0.2, 0) is 9.53 Å². The van der Waals surface area contributed by atoms with Crippen LogP contribution in [0.25, 0.3) is 0 Å². The standard InChI is InChI=1S/C26H48O2/c1-3-4-5-6-7-8-9-10-11-15-20-28-26(27)24-18-19-25(22(2)21-24)23-16-13-12-14-17-23/h22-25H,3-21H2,1-2H3. The first-order chi connectivity index (χ1) is 13.7. The molecule has 28 heavy (non-hydrogen) atoms. The molecule has 2 heteroatoms. The van der Waals surface area contributed by atoms with Crippen molar-refractivity contribution in [3.8, 4) is 0 Å². The molecule has 0 amide bonds. The summed E-state index contributed by atoms with van der Waals surface area (Å²) >= 11 is 0. The zero-order valence-electron chi connectivity index (χ0n) is 19.1. The lowest BCUT2D eigenvalue weighted by molar-refractivity contribution is -0.151. The summed E-state index contributed by atoms with van der Waals surface area (Å²) in [5.41, 5.74) is 0. The van der Waals surface area contributed by atoms with Gasteiger partial charge in [0.15, 0.2) is 0 Å². The highest BCUT2D eigenvalue weighted by Crippen LogP contribution is 2.43. The molecule has 3 atom stereocenters. The maximum absolute atomic E-state index is 12.5. The zero-order valence-corrected chi connectivity index (χ0v) is 19.1. The molecule has 2 aliphatic rings. The second-order valence-electron chi connectivity index (χ2n) is 9.90. The molecule has 0 radical (unpaired) electrons. The molecule has 2 saturated carbocycles. The third-order valence-electron chi connectivity index (χ3n) is 7.57. The lowest BCUT2D eigenvalue weighted by atomic mass is 9.66. The van der Waals surface area contributed by atoms with Crippen molar-refractivity contribution in [3.05, 3.63) is 0 Å². The third-order valence-corrected chi connectivity index (χ3v) is 7.57. The summed E-state index contributed by atoms with van der Waals surface area (Å²) in [4.78, 5) is 12.5. The van der Waals surface area contributed by atoms with Crippen molar-refractivity contribution in [2.75, 3.05) is 6.61 Å². The summed E-state index contributed by atoms with van der Waals surface area (Å²) in [6, 6.07) is 0. The van der Waals surface area contributed by atoms with E-state index in [9.17, 15) is 4.79 Å². The van der Waals surface area contributed by atoms with Gasteiger partial charge in [0.2, 0.25) is 0 Å². The Morgan fingerprint density at radius 1 is 0.786 bits per heavy atom. The molecule has 0 saturated heterocycles. The van der Waals surface area contributed by atoms with E-state index in [1.54, 1.807) is 0 Å². The number of ether oxygens (including phenoxy) is 1. The van der Waals surface area contributed by atoms with Crippen molar-refractivity contribution >= 4 is 5.97 Å². The first kappa shape index (κ1) is 23.7. The maximum Gasteiger partial charge on any atom is 0.308 e. The summed E-state index contributed by atoms with van der Waals surface area (Å²) in [6.07, 6.45) is 23.8. The van der Waals surface area contributed by atoms with Gasteiger partial charge in [0, 0.05) is 0 Å². The SMILES string of the molecule is CCCCCCCCCCCCOC(=O)C1CCC(C2CCCCC2)C(C)C1. The molecule has 0 bridgehead atoms. The Morgan fingerprint density at radius 2 is 1.39 bits per heavy atom. The van der Waals surface area contributed by atoms with Crippen LogP contribution in [0.2, 0.25) is 0 Å². The fourth-order valence-electron chi connectivity index (χ4n) is 5.78. The van der Waals surface area contributed by atoms with Gasteiger partial charge >= 0.3 is 5.97 Å². The van der Waals surface area contributed by atoms with Crippen LogP contribution in [0.3, 0.4) is 0 Å². The molecule has 2 aliphatic carbocycles. The van der Waals surface area contributed by atoms with E-state index >= 15 is 0 Å². The minimum Gasteiger partial charge on any atom is -0.465 e. The average molecular weight is 393 g/mol. The van der Waals surface area contributed by atoms with Crippen LogP contribution in [0.15, 0.2) is 0 Å². The van der Waals surface area contributed by atoms with Crippen LogP contribution in [-0.4, -0.2) is 12.6 Å². The second-order valence-corrected chi connectivity index (χ2v) is 9.90. The lowest BCUT2D eigenvalue weighted by Gasteiger charge is -2.39. The van der Waals surface area contributed by atoms with Crippen molar-refractivity contribution in [3.63, 3.8) is 0 Å². The molecule has 0 aromatic carbocycles. The molecule has 0 spiro atoms. The molecule has 2 nitrogen and oxygen atoms in total. The van der Waals surface area contributed by atoms with Crippen molar-refractivity contribution in [1.29, 1.82) is 0 Å². The van der Waals surface area contributed by atoms with E-state index in [1.165, 1.54) is 96.3 Å². The molecule has 3 unspecified atom stereocenters. The van der Waals surface area contributed by atoms with Gasteiger partial charge in [-0.25, -0.2) is 0 Å². The Balaban J connectivity index is 1.47. The molecule has 0 heterocycles. The van der Waals surface area contributed by atoms with Gasteiger partial charge in [-0.2, -0.15) is 0 Å². The second kappa shape index (κ2) is 14.5. The predicted molar refractivity (Wildman–Crippen MR) is 119 cm³/mol. The van der Waals surface area contributed by atoms with Gasteiger partial charge in [0.05, 0.1) is 12.5 Å². The molecule has 0 aromatic rings. The van der Waals surface area contributed by atoms with Gasteiger partial charge in [-0.15, -0.1) is 0 Å². The van der Waals surface area contributed by atoms with E-state index in [0.717, 1.165) is 31.1 Å². The number of esters is 1. The molecular formula is C26H48O2.